The number of hydrogen-bond donors (Lipinski definition) is 1. The van der Waals surface area contributed by atoms with Gasteiger partial charge >= 0.3 is 0 Å². The number of pyridine rings is 1. The number of carbonyl (C=O) groups is 1. The van der Waals surface area contributed by atoms with E-state index in [1.165, 1.54) is 11.8 Å². The van der Waals surface area contributed by atoms with E-state index >= 15 is 0 Å². The van der Waals surface area contributed by atoms with Gasteiger partial charge in [0.25, 0.3) is 0 Å². The number of nitrogens with one attached hydrogen (secondary N) is 1. The van der Waals surface area contributed by atoms with E-state index in [1.54, 1.807) is 6.07 Å². The standard InChI is InChI=1S/C20H17ClN4OS/c1-12-7-9-15(11-16(12)21)22-19(26)13(2)27-20-24-23-18-10-8-14-5-3-4-6-17(14)25(18)20/h3-11,13H,1-2H3,(H,22,26)/t13-/m0/s1. The molecule has 4 aromatic rings. The molecule has 0 spiro atoms. The number of rotatable bonds is 4. The number of benzene rings is 2. The monoisotopic (exact) mass is 396 g/mol. The molecule has 1 atom stereocenters. The molecule has 27 heavy (non-hydrogen) atoms. The van der Waals surface area contributed by atoms with Crippen LogP contribution in [-0.4, -0.2) is 25.8 Å². The predicted octanol–water partition coefficient (Wildman–Crippen LogP) is 4.96. The third-order valence-electron chi connectivity index (χ3n) is 4.34. The highest BCUT2D eigenvalue weighted by Gasteiger charge is 2.19. The highest BCUT2D eigenvalue weighted by molar-refractivity contribution is 8.00. The summed E-state index contributed by atoms with van der Waals surface area (Å²) in [6.07, 6.45) is 0. The second-order valence-electron chi connectivity index (χ2n) is 6.28. The van der Waals surface area contributed by atoms with Gasteiger partial charge in [-0.15, -0.1) is 10.2 Å². The number of halogens is 1. The minimum atomic E-state index is -0.351. The van der Waals surface area contributed by atoms with Crippen molar-refractivity contribution in [2.75, 3.05) is 5.32 Å². The van der Waals surface area contributed by atoms with Crippen molar-refractivity contribution in [1.82, 2.24) is 14.6 Å². The Balaban J connectivity index is 1.59. The number of anilines is 1. The summed E-state index contributed by atoms with van der Waals surface area (Å²) < 4.78 is 1.98. The highest BCUT2D eigenvalue weighted by Crippen LogP contribution is 2.27. The maximum atomic E-state index is 12.6. The highest BCUT2D eigenvalue weighted by atomic mass is 35.5. The van der Waals surface area contributed by atoms with E-state index in [0.29, 0.717) is 15.9 Å². The first kappa shape index (κ1) is 17.8. The Hall–Kier alpha value is -2.57. The Morgan fingerprint density at radius 2 is 1.96 bits per heavy atom. The molecule has 0 saturated carbocycles. The maximum absolute atomic E-state index is 12.6. The number of nitrogens with zero attached hydrogens (tertiary/aromatic N) is 3. The second kappa shape index (κ2) is 7.21. The summed E-state index contributed by atoms with van der Waals surface area (Å²) in [4.78, 5) is 12.6. The second-order valence-corrected chi connectivity index (χ2v) is 8.00. The molecule has 0 aliphatic carbocycles. The van der Waals surface area contributed by atoms with Gasteiger partial charge in [0.15, 0.2) is 10.8 Å². The lowest BCUT2D eigenvalue weighted by Crippen LogP contribution is -2.22. The van der Waals surface area contributed by atoms with Gasteiger partial charge in [0.05, 0.1) is 10.8 Å². The van der Waals surface area contributed by atoms with E-state index < -0.39 is 0 Å². The third kappa shape index (κ3) is 3.50. The van der Waals surface area contributed by atoms with E-state index in [0.717, 1.165) is 22.1 Å². The average Bonchev–Trinajstić information content (AvgIpc) is 3.08. The van der Waals surface area contributed by atoms with Crippen molar-refractivity contribution in [3.05, 3.63) is 65.2 Å². The smallest absolute Gasteiger partial charge is 0.237 e. The number of para-hydroxylation sites is 1. The summed E-state index contributed by atoms with van der Waals surface area (Å²) in [5.74, 6) is -0.114. The van der Waals surface area contributed by atoms with Crippen molar-refractivity contribution >= 4 is 51.5 Å². The fourth-order valence-corrected chi connectivity index (χ4v) is 3.86. The largest absolute Gasteiger partial charge is 0.325 e. The van der Waals surface area contributed by atoms with Crippen molar-refractivity contribution in [2.45, 2.75) is 24.3 Å². The van der Waals surface area contributed by atoms with Crippen LogP contribution < -0.4 is 5.32 Å². The van der Waals surface area contributed by atoms with Crippen LogP contribution in [0.3, 0.4) is 0 Å². The molecule has 2 aromatic heterocycles. The van der Waals surface area contributed by atoms with Gasteiger partial charge in [-0.3, -0.25) is 9.20 Å². The number of aryl methyl sites for hydroxylation is 1. The van der Waals surface area contributed by atoms with Gasteiger partial charge < -0.3 is 5.32 Å². The first-order valence-corrected chi connectivity index (χ1v) is 9.75. The van der Waals surface area contributed by atoms with Crippen molar-refractivity contribution in [3.63, 3.8) is 0 Å². The molecule has 4 rings (SSSR count). The number of hydrogen-bond acceptors (Lipinski definition) is 4. The Labute approximate surface area is 165 Å². The van der Waals surface area contributed by atoms with Crippen LogP contribution in [0.1, 0.15) is 12.5 Å². The van der Waals surface area contributed by atoms with Crippen molar-refractivity contribution < 1.29 is 4.79 Å². The van der Waals surface area contributed by atoms with Gasteiger partial charge in [0.1, 0.15) is 0 Å². The average molecular weight is 397 g/mol. The topological polar surface area (TPSA) is 59.3 Å². The van der Waals surface area contributed by atoms with Crippen molar-refractivity contribution in [2.24, 2.45) is 0 Å². The van der Waals surface area contributed by atoms with Crippen LogP contribution in [-0.2, 0) is 4.79 Å². The Bertz CT molecular complexity index is 1160. The molecule has 0 bridgehead atoms. The summed E-state index contributed by atoms with van der Waals surface area (Å²) in [6, 6.07) is 17.5. The first-order valence-electron chi connectivity index (χ1n) is 8.49. The molecule has 0 radical (unpaired) electrons. The normalized spacial score (nSPS) is 12.4. The summed E-state index contributed by atoms with van der Waals surface area (Å²) >= 11 is 7.51. The third-order valence-corrected chi connectivity index (χ3v) is 5.79. The molecule has 0 saturated heterocycles. The van der Waals surface area contributed by atoms with Crippen LogP contribution in [0, 0.1) is 6.92 Å². The summed E-state index contributed by atoms with van der Waals surface area (Å²) in [5.41, 5.74) is 3.42. The zero-order chi connectivity index (χ0) is 19.0. The lowest BCUT2D eigenvalue weighted by molar-refractivity contribution is -0.115. The van der Waals surface area contributed by atoms with Gasteiger partial charge in [-0.25, -0.2) is 0 Å². The molecule has 5 nitrogen and oxygen atoms in total. The van der Waals surface area contributed by atoms with Crippen LogP contribution in [0.2, 0.25) is 5.02 Å². The zero-order valence-electron chi connectivity index (χ0n) is 14.8. The molecule has 1 amide bonds. The molecule has 1 N–H and O–H groups in total. The molecule has 0 aliphatic rings. The molecule has 0 fully saturated rings. The molecule has 7 heteroatoms. The minimum Gasteiger partial charge on any atom is -0.325 e. The van der Waals surface area contributed by atoms with Crippen LogP contribution in [0.25, 0.3) is 16.6 Å². The van der Waals surface area contributed by atoms with Gasteiger partial charge in [-0.05, 0) is 55.1 Å². The zero-order valence-corrected chi connectivity index (χ0v) is 16.4. The Kier molecular flexibility index (Phi) is 4.76. The number of carbonyl (C=O) groups excluding carboxylic acids is 1. The van der Waals surface area contributed by atoms with Gasteiger partial charge in [-0.2, -0.15) is 0 Å². The van der Waals surface area contributed by atoms with E-state index in [9.17, 15) is 4.79 Å². The van der Waals surface area contributed by atoms with Gasteiger partial charge in [0.2, 0.25) is 5.91 Å². The first-order chi connectivity index (χ1) is 13.0. The number of thioether (sulfide) groups is 1. The molecule has 0 aliphatic heterocycles. The molecule has 0 unspecified atom stereocenters. The summed E-state index contributed by atoms with van der Waals surface area (Å²) in [7, 11) is 0. The fraction of sp³-hybridized carbons (Fsp3) is 0.150. The predicted molar refractivity (Wildman–Crippen MR) is 111 cm³/mol. The SMILES string of the molecule is Cc1ccc(NC(=O)[C@H](C)Sc2nnc3ccc4ccccc4n23)cc1Cl. The molecular weight excluding hydrogens is 380 g/mol. The van der Waals surface area contributed by atoms with E-state index in [-0.39, 0.29) is 11.2 Å². The van der Waals surface area contributed by atoms with Crippen LogP contribution in [0.15, 0.2) is 59.8 Å². The lowest BCUT2D eigenvalue weighted by atomic mass is 10.2. The van der Waals surface area contributed by atoms with E-state index in [1.807, 2.05) is 66.8 Å². The van der Waals surface area contributed by atoms with Crippen LogP contribution in [0.5, 0.6) is 0 Å². The van der Waals surface area contributed by atoms with Crippen LogP contribution >= 0.6 is 23.4 Å². The Morgan fingerprint density at radius 3 is 2.78 bits per heavy atom. The molecule has 136 valence electrons. The van der Waals surface area contributed by atoms with E-state index in [4.69, 9.17) is 11.6 Å². The van der Waals surface area contributed by atoms with E-state index in [2.05, 4.69) is 15.5 Å². The summed E-state index contributed by atoms with van der Waals surface area (Å²) in [5, 5.41) is 13.5. The van der Waals surface area contributed by atoms with Crippen LogP contribution in [0.4, 0.5) is 5.69 Å². The minimum absolute atomic E-state index is 0.114. The quantitative estimate of drug-likeness (QED) is 0.495. The van der Waals surface area contributed by atoms with Gasteiger partial charge in [-0.1, -0.05) is 47.6 Å². The number of amides is 1. The lowest BCUT2D eigenvalue weighted by Gasteiger charge is -2.12. The molecule has 2 heterocycles. The molecule has 2 aromatic carbocycles. The Morgan fingerprint density at radius 1 is 1.15 bits per heavy atom. The fourth-order valence-electron chi connectivity index (χ4n) is 2.81. The summed E-state index contributed by atoms with van der Waals surface area (Å²) in [6.45, 7) is 3.77. The molecular formula is C20H17ClN4OS. The number of aromatic nitrogens is 3. The van der Waals surface area contributed by atoms with Gasteiger partial charge in [0, 0.05) is 10.7 Å². The van der Waals surface area contributed by atoms with Crippen molar-refractivity contribution in [3.8, 4) is 0 Å². The maximum Gasteiger partial charge on any atom is 0.237 e. The van der Waals surface area contributed by atoms with Crippen molar-refractivity contribution in [1.29, 1.82) is 0 Å². The number of fused-ring (bicyclic) bond motifs is 3.